The van der Waals surface area contributed by atoms with Crippen molar-refractivity contribution < 1.29 is 48.3 Å². The molecule has 2 aromatic carbocycles. The third kappa shape index (κ3) is 10.2. The maximum atomic E-state index is 11.8. The number of carboxylic acid groups (broad SMARTS) is 2. The Kier molecular flexibility index (Phi) is 10.2. The first-order valence-corrected chi connectivity index (χ1v) is 10.1. The summed E-state index contributed by atoms with van der Waals surface area (Å²) in [5.41, 5.74) is 2.22. The molecule has 33 heavy (non-hydrogen) atoms. The van der Waals surface area contributed by atoms with Gasteiger partial charge in [-0.2, -0.15) is 0 Å². The van der Waals surface area contributed by atoms with Gasteiger partial charge < -0.3 is 29.2 Å². The van der Waals surface area contributed by atoms with E-state index in [0.29, 0.717) is 5.56 Å². The van der Waals surface area contributed by atoms with Gasteiger partial charge in [0, 0.05) is 12.8 Å². The minimum absolute atomic E-state index is 0.0372. The van der Waals surface area contributed by atoms with Gasteiger partial charge in [-0.3, -0.25) is 9.59 Å². The number of aliphatic carboxylic acids is 2. The van der Waals surface area contributed by atoms with Crippen LogP contribution in [0.15, 0.2) is 48.5 Å². The van der Waals surface area contributed by atoms with Gasteiger partial charge in [0.05, 0.1) is 13.2 Å². The van der Waals surface area contributed by atoms with E-state index < -0.39 is 24.2 Å². The number of hydrogen-bond donors (Lipinski definition) is 2. The van der Waals surface area contributed by atoms with E-state index in [2.05, 4.69) is 0 Å². The lowest BCUT2D eigenvalue weighted by atomic mass is 10.0. The summed E-state index contributed by atoms with van der Waals surface area (Å²) in [6.45, 7) is -0.140. The lowest BCUT2D eigenvalue weighted by molar-refractivity contribution is -0.138. The van der Waals surface area contributed by atoms with Crippen molar-refractivity contribution in [3.63, 3.8) is 0 Å². The molecule has 0 saturated carbocycles. The van der Waals surface area contributed by atoms with Crippen LogP contribution < -0.4 is 4.74 Å². The first kappa shape index (κ1) is 25.2. The van der Waals surface area contributed by atoms with Crippen molar-refractivity contribution in [2.24, 2.45) is 0 Å². The molecule has 0 bridgehead atoms. The minimum Gasteiger partial charge on any atom is -0.481 e. The number of benzene rings is 2. The maximum Gasteiger partial charge on any atom is 0.513 e. The second-order valence-corrected chi connectivity index (χ2v) is 6.81. The van der Waals surface area contributed by atoms with Gasteiger partial charge in [-0.25, -0.2) is 9.59 Å². The molecule has 0 atom stereocenters. The minimum atomic E-state index is -0.972. The molecule has 10 nitrogen and oxygen atoms in total. The highest BCUT2D eigenvalue weighted by atomic mass is 16.7. The molecule has 0 amide bonds. The van der Waals surface area contributed by atoms with Crippen LogP contribution in [0.3, 0.4) is 0 Å². The van der Waals surface area contributed by atoms with Gasteiger partial charge >= 0.3 is 24.2 Å². The van der Waals surface area contributed by atoms with Crippen LogP contribution in [0.5, 0.6) is 5.75 Å². The number of carbonyl (C=O) groups excluding carboxylic acids is 2. The molecule has 2 rings (SSSR count). The second-order valence-electron chi connectivity index (χ2n) is 6.81. The van der Waals surface area contributed by atoms with Crippen molar-refractivity contribution in [3.8, 4) is 16.9 Å². The molecule has 0 unspecified atom stereocenters. The maximum absolute atomic E-state index is 11.8. The zero-order valence-electron chi connectivity index (χ0n) is 17.7. The topological polar surface area (TPSA) is 146 Å². The Morgan fingerprint density at radius 2 is 1.27 bits per heavy atom. The highest BCUT2D eigenvalue weighted by molar-refractivity contribution is 5.69. The fraction of sp³-hybridized carbons (Fsp3) is 0.304. The highest BCUT2D eigenvalue weighted by Crippen LogP contribution is 2.25. The zero-order valence-corrected chi connectivity index (χ0v) is 17.7. The van der Waals surface area contributed by atoms with Crippen LogP contribution in [-0.2, 0) is 30.4 Å². The fourth-order valence-corrected chi connectivity index (χ4v) is 2.65. The standard InChI is InChI=1S/C23H24O10/c24-20(25)9-3-11-30-22(28)32-15-16-5-1-6-17(13-16)18-7-2-8-19(14-18)33-23(29)31-12-4-10-21(26)27/h1-2,5-8,13-14H,3-4,9-12,15H2,(H,24,25)(H,26,27). The highest BCUT2D eigenvalue weighted by Gasteiger charge is 2.10. The third-order valence-electron chi connectivity index (χ3n) is 4.16. The van der Waals surface area contributed by atoms with Crippen molar-refractivity contribution in [3.05, 3.63) is 54.1 Å². The summed E-state index contributed by atoms with van der Waals surface area (Å²) in [5, 5.41) is 17.1. The average Bonchev–Trinajstić information content (AvgIpc) is 2.78. The quantitative estimate of drug-likeness (QED) is 0.268. The Morgan fingerprint density at radius 1 is 0.697 bits per heavy atom. The van der Waals surface area contributed by atoms with Crippen LogP contribution in [0, 0.1) is 0 Å². The molecule has 10 heteroatoms. The van der Waals surface area contributed by atoms with Gasteiger partial charge in [0.2, 0.25) is 0 Å². The monoisotopic (exact) mass is 460 g/mol. The van der Waals surface area contributed by atoms with Crippen molar-refractivity contribution in [2.75, 3.05) is 13.2 Å². The molecule has 2 aromatic rings. The van der Waals surface area contributed by atoms with E-state index in [1.807, 2.05) is 12.1 Å². The van der Waals surface area contributed by atoms with E-state index in [4.69, 9.17) is 29.2 Å². The Bertz CT molecular complexity index is 969. The Labute approximate surface area is 189 Å². The molecule has 2 N–H and O–H groups in total. The van der Waals surface area contributed by atoms with E-state index in [0.717, 1.165) is 11.1 Å². The molecule has 0 aliphatic carbocycles. The van der Waals surface area contributed by atoms with Crippen LogP contribution in [0.25, 0.3) is 11.1 Å². The normalized spacial score (nSPS) is 10.2. The van der Waals surface area contributed by atoms with E-state index in [-0.39, 0.29) is 51.3 Å². The molecule has 0 fully saturated rings. The van der Waals surface area contributed by atoms with E-state index in [1.54, 1.807) is 36.4 Å². The number of carbonyl (C=O) groups is 4. The molecule has 0 heterocycles. The Morgan fingerprint density at radius 3 is 1.91 bits per heavy atom. The van der Waals surface area contributed by atoms with Gasteiger partial charge in [-0.1, -0.05) is 30.3 Å². The van der Waals surface area contributed by atoms with Gasteiger partial charge in [-0.05, 0) is 47.7 Å². The van der Waals surface area contributed by atoms with Crippen molar-refractivity contribution in [1.82, 2.24) is 0 Å². The van der Waals surface area contributed by atoms with Crippen LogP contribution in [0.4, 0.5) is 9.59 Å². The lowest BCUT2D eigenvalue weighted by Gasteiger charge is -2.09. The summed E-state index contributed by atoms with van der Waals surface area (Å²) in [7, 11) is 0. The summed E-state index contributed by atoms with van der Waals surface area (Å²) in [5.74, 6) is -1.69. The summed E-state index contributed by atoms with van der Waals surface area (Å²) >= 11 is 0. The van der Waals surface area contributed by atoms with Crippen LogP contribution in [0.1, 0.15) is 31.2 Å². The SMILES string of the molecule is O=C(O)CCCOC(=O)OCc1cccc(-c2cccc(OC(=O)OCCCC(=O)O)c2)c1. The van der Waals surface area contributed by atoms with Crippen molar-refractivity contribution in [2.45, 2.75) is 32.3 Å². The van der Waals surface area contributed by atoms with E-state index in [9.17, 15) is 19.2 Å². The smallest absolute Gasteiger partial charge is 0.481 e. The predicted molar refractivity (Wildman–Crippen MR) is 114 cm³/mol. The lowest BCUT2D eigenvalue weighted by Crippen LogP contribution is -2.12. The second kappa shape index (κ2) is 13.4. The van der Waals surface area contributed by atoms with Crippen molar-refractivity contribution in [1.29, 1.82) is 0 Å². The first-order valence-electron chi connectivity index (χ1n) is 10.1. The average molecular weight is 460 g/mol. The number of ether oxygens (including phenoxy) is 4. The van der Waals surface area contributed by atoms with Crippen LogP contribution in [-0.4, -0.2) is 47.7 Å². The number of carboxylic acids is 2. The number of rotatable bonds is 12. The Hall–Kier alpha value is -4.08. The summed E-state index contributed by atoms with van der Waals surface area (Å²) < 4.78 is 19.8. The van der Waals surface area contributed by atoms with Crippen LogP contribution >= 0.6 is 0 Å². The fourth-order valence-electron chi connectivity index (χ4n) is 2.65. The molecule has 0 aromatic heterocycles. The first-order chi connectivity index (χ1) is 15.8. The summed E-state index contributed by atoms with van der Waals surface area (Å²) in [6.07, 6.45) is -1.63. The zero-order chi connectivity index (χ0) is 24.1. The Balaban J connectivity index is 1.87. The summed E-state index contributed by atoms with van der Waals surface area (Å²) in [6, 6.07) is 13.9. The largest absolute Gasteiger partial charge is 0.513 e. The molecular weight excluding hydrogens is 436 g/mol. The molecule has 0 saturated heterocycles. The van der Waals surface area contributed by atoms with Gasteiger partial charge in [0.25, 0.3) is 0 Å². The predicted octanol–water partition coefficient (Wildman–Crippen LogP) is 4.25. The van der Waals surface area contributed by atoms with Gasteiger partial charge in [-0.15, -0.1) is 0 Å². The summed E-state index contributed by atoms with van der Waals surface area (Å²) in [4.78, 5) is 44.3. The molecule has 0 aliphatic rings. The molecule has 0 aliphatic heterocycles. The molecule has 0 spiro atoms. The van der Waals surface area contributed by atoms with Gasteiger partial charge in [0.15, 0.2) is 0 Å². The molecule has 0 radical (unpaired) electrons. The van der Waals surface area contributed by atoms with Crippen LogP contribution in [0.2, 0.25) is 0 Å². The van der Waals surface area contributed by atoms with E-state index in [1.165, 1.54) is 0 Å². The van der Waals surface area contributed by atoms with E-state index >= 15 is 0 Å². The molecule has 176 valence electrons. The van der Waals surface area contributed by atoms with Gasteiger partial charge in [0.1, 0.15) is 12.4 Å². The number of hydrogen-bond acceptors (Lipinski definition) is 8. The third-order valence-corrected chi connectivity index (χ3v) is 4.16. The molecular formula is C23H24O10. The van der Waals surface area contributed by atoms with Crippen molar-refractivity contribution >= 4 is 24.2 Å².